The van der Waals surface area contributed by atoms with Crippen molar-refractivity contribution in [2.45, 2.75) is 25.4 Å². The molecule has 0 N–H and O–H groups in total. The van der Waals surface area contributed by atoms with Gasteiger partial charge in [-0.05, 0) is 12.8 Å². The molecule has 0 amide bonds. The van der Waals surface area contributed by atoms with Crippen molar-refractivity contribution in [1.29, 1.82) is 0 Å². The molecule has 0 spiro atoms. The number of carbonyl (C=O) groups excluding carboxylic acids is 2. The summed E-state index contributed by atoms with van der Waals surface area (Å²) in [5, 5.41) is 0. The van der Waals surface area contributed by atoms with E-state index in [1.54, 1.807) is 0 Å². The molecule has 0 aromatic carbocycles. The zero-order chi connectivity index (χ0) is 8.55. The fourth-order valence-corrected chi connectivity index (χ4v) is 1.70. The average Bonchev–Trinajstić information content (AvgIpc) is 2.58. The molecule has 4 nitrogen and oxygen atoms in total. The Hall–Kier alpha value is -0.900. The van der Waals surface area contributed by atoms with Gasteiger partial charge in [0.25, 0.3) is 0 Å². The molecule has 2 atom stereocenters. The monoisotopic (exact) mass is 170 g/mol. The molecule has 2 rings (SSSR count). The summed E-state index contributed by atoms with van der Waals surface area (Å²) in [6, 6.07) is 0. The van der Waals surface area contributed by atoms with Crippen LogP contribution in [0.4, 0.5) is 0 Å². The summed E-state index contributed by atoms with van der Waals surface area (Å²) in [5.74, 6) is -1.16. The van der Waals surface area contributed by atoms with Crippen molar-refractivity contribution in [2.24, 2.45) is 5.92 Å². The van der Waals surface area contributed by atoms with Crippen LogP contribution in [0, 0.1) is 5.92 Å². The number of cyclic esters (lactones) is 2. The number of carbonyl (C=O) groups is 2. The Balaban J connectivity index is 2.03. The zero-order valence-corrected chi connectivity index (χ0v) is 6.62. The lowest BCUT2D eigenvalue weighted by Gasteiger charge is -2.11. The highest BCUT2D eigenvalue weighted by atomic mass is 16.6. The van der Waals surface area contributed by atoms with Crippen molar-refractivity contribution >= 4 is 11.9 Å². The molecule has 0 bridgehead atoms. The van der Waals surface area contributed by atoms with Gasteiger partial charge in [-0.15, -0.1) is 0 Å². The molecule has 0 saturated carbocycles. The van der Waals surface area contributed by atoms with Crippen LogP contribution in [0.25, 0.3) is 0 Å². The van der Waals surface area contributed by atoms with Crippen molar-refractivity contribution in [3.05, 3.63) is 0 Å². The molecule has 0 radical (unpaired) electrons. The molecule has 0 aromatic heterocycles. The summed E-state index contributed by atoms with van der Waals surface area (Å²) >= 11 is 0. The molecule has 2 unspecified atom stereocenters. The van der Waals surface area contributed by atoms with Crippen LogP contribution in [0.2, 0.25) is 0 Å². The Morgan fingerprint density at radius 3 is 2.67 bits per heavy atom. The zero-order valence-electron chi connectivity index (χ0n) is 6.62. The van der Waals surface area contributed by atoms with Crippen LogP contribution >= 0.6 is 0 Å². The molecule has 66 valence electrons. The van der Waals surface area contributed by atoms with Gasteiger partial charge in [-0.1, -0.05) is 0 Å². The fraction of sp³-hybridized carbons (Fsp3) is 0.750. The van der Waals surface area contributed by atoms with Gasteiger partial charge in [-0.2, -0.15) is 0 Å². The summed E-state index contributed by atoms with van der Waals surface area (Å²) in [6.45, 7) is 0.697. The summed E-state index contributed by atoms with van der Waals surface area (Å²) in [6.07, 6.45) is 1.96. The predicted molar refractivity (Wildman–Crippen MR) is 38.2 cm³/mol. The summed E-state index contributed by atoms with van der Waals surface area (Å²) < 4.78 is 9.73. The van der Waals surface area contributed by atoms with Gasteiger partial charge in [0, 0.05) is 6.61 Å². The molecule has 12 heavy (non-hydrogen) atoms. The van der Waals surface area contributed by atoms with E-state index in [1.165, 1.54) is 0 Å². The van der Waals surface area contributed by atoms with Crippen LogP contribution in [0.5, 0.6) is 0 Å². The largest absolute Gasteiger partial charge is 0.393 e. The normalized spacial score (nSPS) is 35.7. The maximum atomic E-state index is 11.0. The Bertz CT molecular complexity index is 217. The molecule has 0 aromatic rings. The van der Waals surface area contributed by atoms with Gasteiger partial charge in [0.1, 0.15) is 0 Å². The summed E-state index contributed by atoms with van der Waals surface area (Å²) in [5.41, 5.74) is 0. The average molecular weight is 170 g/mol. The number of hydrogen-bond donors (Lipinski definition) is 0. The summed E-state index contributed by atoms with van der Waals surface area (Å²) in [7, 11) is 0. The number of ether oxygens (including phenoxy) is 2. The minimum atomic E-state index is -0.416. The van der Waals surface area contributed by atoms with Crippen LogP contribution in [0.1, 0.15) is 19.3 Å². The van der Waals surface area contributed by atoms with Crippen LogP contribution < -0.4 is 0 Å². The van der Waals surface area contributed by atoms with Gasteiger partial charge >= 0.3 is 11.9 Å². The van der Waals surface area contributed by atoms with E-state index in [9.17, 15) is 9.59 Å². The molecular weight excluding hydrogens is 160 g/mol. The smallest absolute Gasteiger partial charge is 0.319 e. The van der Waals surface area contributed by atoms with E-state index in [2.05, 4.69) is 4.74 Å². The summed E-state index contributed by atoms with van der Waals surface area (Å²) in [4.78, 5) is 21.8. The van der Waals surface area contributed by atoms with Crippen molar-refractivity contribution in [3.63, 3.8) is 0 Å². The Kier molecular flexibility index (Phi) is 1.84. The van der Waals surface area contributed by atoms with E-state index in [0.29, 0.717) is 6.61 Å². The fourth-order valence-electron chi connectivity index (χ4n) is 1.70. The first-order valence-corrected chi connectivity index (χ1v) is 4.13. The predicted octanol–water partition coefficient (Wildman–Crippen LogP) is 0.255. The highest BCUT2D eigenvalue weighted by Crippen LogP contribution is 2.28. The first kappa shape index (κ1) is 7.73. The molecule has 2 saturated heterocycles. The van der Waals surface area contributed by atoms with Crippen LogP contribution in [-0.4, -0.2) is 24.6 Å². The SMILES string of the molecule is O=C1CC(C2CCCO2)C(=O)O1. The van der Waals surface area contributed by atoms with Crippen molar-refractivity contribution in [2.75, 3.05) is 6.61 Å². The van der Waals surface area contributed by atoms with Crippen molar-refractivity contribution in [3.8, 4) is 0 Å². The van der Waals surface area contributed by atoms with Gasteiger partial charge in [0.15, 0.2) is 0 Å². The van der Waals surface area contributed by atoms with Crippen molar-refractivity contribution < 1.29 is 19.1 Å². The number of hydrogen-bond acceptors (Lipinski definition) is 4. The molecule has 2 fully saturated rings. The second-order valence-electron chi connectivity index (χ2n) is 3.16. The van der Waals surface area contributed by atoms with Gasteiger partial charge in [-0.3, -0.25) is 9.59 Å². The van der Waals surface area contributed by atoms with Gasteiger partial charge in [0.05, 0.1) is 18.4 Å². The maximum absolute atomic E-state index is 11.0. The lowest BCUT2D eigenvalue weighted by atomic mass is 9.99. The molecule has 0 aliphatic carbocycles. The first-order chi connectivity index (χ1) is 5.77. The Labute approximate surface area is 69.8 Å². The van der Waals surface area contributed by atoms with E-state index in [0.717, 1.165) is 12.8 Å². The van der Waals surface area contributed by atoms with E-state index in [-0.39, 0.29) is 18.4 Å². The van der Waals surface area contributed by atoms with Crippen molar-refractivity contribution in [1.82, 2.24) is 0 Å². The molecule has 2 heterocycles. The van der Waals surface area contributed by atoms with Crippen LogP contribution in [0.15, 0.2) is 0 Å². The standard InChI is InChI=1S/C8H10O4/c9-7-4-5(8(10)12-7)6-2-1-3-11-6/h5-6H,1-4H2. The van der Waals surface area contributed by atoms with Gasteiger partial charge < -0.3 is 9.47 Å². The molecular formula is C8H10O4. The molecule has 2 aliphatic heterocycles. The Morgan fingerprint density at radius 1 is 1.33 bits per heavy atom. The maximum Gasteiger partial charge on any atom is 0.319 e. The van der Waals surface area contributed by atoms with Gasteiger partial charge in [0.2, 0.25) is 0 Å². The second kappa shape index (κ2) is 2.86. The lowest BCUT2D eigenvalue weighted by Crippen LogP contribution is -2.23. The minimum absolute atomic E-state index is 0.0797. The first-order valence-electron chi connectivity index (χ1n) is 4.13. The Morgan fingerprint density at radius 2 is 2.17 bits per heavy atom. The third kappa shape index (κ3) is 1.22. The van der Waals surface area contributed by atoms with E-state index in [4.69, 9.17) is 4.74 Å². The third-order valence-corrected chi connectivity index (χ3v) is 2.32. The van der Waals surface area contributed by atoms with Crippen LogP contribution in [0.3, 0.4) is 0 Å². The highest BCUT2D eigenvalue weighted by molar-refractivity contribution is 5.94. The topological polar surface area (TPSA) is 52.6 Å². The number of esters is 2. The van der Waals surface area contributed by atoms with Gasteiger partial charge in [-0.25, -0.2) is 0 Å². The number of rotatable bonds is 1. The second-order valence-corrected chi connectivity index (χ2v) is 3.16. The lowest BCUT2D eigenvalue weighted by molar-refractivity contribution is -0.154. The van der Waals surface area contributed by atoms with E-state index >= 15 is 0 Å². The quantitative estimate of drug-likeness (QED) is 0.418. The molecule has 4 heteroatoms. The van der Waals surface area contributed by atoms with E-state index in [1.807, 2.05) is 0 Å². The van der Waals surface area contributed by atoms with E-state index < -0.39 is 11.9 Å². The minimum Gasteiger partial charge on any atom is -0.393 e. The highest BCUT2D eigenvalue weighted by Gasteiger charge is 2.40. The molecule has 2 aliphatic rings. The third-order valence-electron chi connectivity index (χ3n) is 2.32. The van der Waals surface area contributed by atoms with Crippen LogP contribution in [-0.2, 0) is 19.1 Å².